The van der Waals surface area contributed by atoms with Crippen molar-refractivity contribution >= 4 is 50.3 Å². The van der Waals surface area contributed by atoms with E-state index in [2.05, 4.69) is 45.9 Å². The topological polar surface area (TPSA) is 189 Å². The maximum absolute atomic E-state index is 17.1. The summed E-state index contributed by atoms with van der Waals surface area (Å²) in [5.41, 5.74) is 2.71. The van der Waals surface area contributed by atoms with Crippen LogP contribution in [0.15, 0.2) is 60.8 Å². The Bertz CT molecular complexity index is 3370. The Hall–Kier alpha value is -6.50. The lowest BCUT2D eigenvalue weighted by molar-refractivity contribution is 0.00706. The fraction of sp³-hybridized carbons (Fsp3) is 0.436. The van der Waals surface area contributed by atoms with Gasteiger partial charge in [-0.1, -0.05) is 23.6 Å². The molecule has 10 heterocycles. The standard InChI is InChI=1S/C55H55ClF2N10O7/c1-2-36-40(57)11-6-31-20-34(69)21-37(44(31)36)47-45(58)48-38(23-59-47)52(68-24-32-7-8-33(25-68)60-32)65-53(63-48)72-19-17-67-15-13-55(29-67)12-3-14-66(28-55)16-18-71-35-9-4-30(5-10-35)46-39(56)22-41-51(62-46)64-54(61-41)75-43-27-74-49-42(70)26-73-50(43)49/h1,4-6,9-11,20-23,32-33,42-43,49-50,60,69-70H,3,7-8,12-19,24-29H2,(H,61,62,64)/t32?,33?,42-,43-,49-,50-,55-/m1/s1. The molecular formula is C55H55ClF2N10O7. The predicted molar refractivity (Wildman–Crippen MR) is 276 cm³/mol. The summed E-state index contributed by atoms with van der Waals surface area (Å²) < 4.78 is 62.2. The molecule has 0 radical (unpaired) electrons. The largest absolute Gasteiger partial charge is 0.508 e. The summed E-state index contributed by atoms with van der Waals surface area (Å²) in [5.74, 6) is 2.20. The van der Waals surface area contributed by atoms with E-state index in [1.165, 1.54) is 24.3 Å². The number of piperazine rings is 1. The molecule has 2 bridgehead atoms. The quantitative estimate of drug-likeness (QED) is 0.0917. The van der Waals surface area contributed by atoms with Gasteiger partial charge in [0.25, 0.3) is 6.01 Å². The minimum atomic E-state index is -0.743. The first-order valence-corrected chi connectivity index (χ1v) is 26.2. The highest BCUT2D eigenvalue weighted by Crippen LogP contribution is 2.42. The van der Waals surface area contributed by atoms with Crippen LogP contribution >= 0.6 is 11.6 Å². The molecule has 2 unspecified atom stereocenters. The van der Waals surface area contributed by atoms with Gasteiger partial charge in [-0.15, -0.1) is 6.42 Å². The number of H-pyrrole nitrogens is 1. The van der Waals surface area contributed by atoms with Crippen LogP contribution in [0.3, 0.4) is 0 Å². The van der Waals surface area contributed by atoms with Crippen molar-refractivity contribution in [3.05, 3.63) is 83.0 Å². The van der Waals surface area contributed by atoms with Gasteiger partial charge >= 0.3 is 6.01 Å². The van der Waals surface area contributed by atoms with Gasteiger partial charge < -0.3 is 44.1 Å². The summed E-state index contributed by atoms with van der Waals surface area (Å²) in [6.07, 6.45) is 10.9. The second kappa shape index (κ2) is 19.6. The van der Waals surface area contributed by atoms with Gasteiger partial charge in [-0.05, 0) is 105 Å². The number of phenolic OH excluding ortho intramolecular Hbond substituents is 1. The molecule has 20 heteroatoms. The number of aromatic hydroxyl groups is 1. The third kappa shape index (κ3) is 9.19. The molecular weight excluding hydrogens is 986 g/mol. The summed E-state index contributed by atoms with van der Waals surface area (Å²) in [5, 5.41) is 26.1. The summed E-state index contributed by atoms with van der Waals surface area (Å²) >= 11 is 6.72. The first kappa shape index (κ1) is 48.2. The lowest BCUT2D eigenvalue weighted by atomic mass is 9.79. The van der Waals surface area contributed by atoms with E-state index in [4.69, 9.17) is 51.7 Å². The molecule has 75 heavy (non-hydrogen) atoms. The third-order valence-corrected chi connectivity index (χ3v) is 16.2. The molecule has 6 aliphatic rings. The van der Waals surface area contributed by atoms with Crippen molar-refractivity contribution in [1.82, 2.24) is 45.0 Å². The maximum Gasteiger partial charge on any atom is 0.319 e. The van der Waals surface area contributed by atoms with Crippen molar-refractivity contribution in [2.24, 2.45) is 5.41 Å². The van der Waals surface area contributed by atoms with Crippen molar-refractivity contribution < 1.29 is 42.7 Å². The number of likely N-dealkylation sites (tertiary alicyclic amines) is 2. The second-order valence-electron chi connectivity index (χ2n) is 20.9. The number of ether oxygens (including phenoxy) is 5. The van der Waals surface area contributed by atoms with Gasteiger partial charge in [0, 0.05) is 74.1 Å². The van der Waals surface area contributed by atoms with Crippen LogP contribution in [0.2, 0.25) is 5.02 Å². The second-order valence-corrected chi connectivity index (χ2v) is 21.3. The zero-order valence-electron chi connectivity index (χ0n) is 41.0. The number of halogens is 3. The van der Waals surface area contributed by atoms with Crippen LogP contribution in [-0.4, -0.2) is 165 Å². The summed E-state index contributed by atoms with van der Waals surface area (Å²) in [6, 6.07) is 16.0. The first-order valence-electron chi connectivity index (χ1n) is 25.8. The third-order valence-electron chi connectivity index (χ3n) is 16.0. The number of phenols is 1. The van der Waals surface area contributed by atoms with E-state index >= 15 is 8.78 Å². The molecule has 4 aromatic heterocycles. The fourth-order valence-corrected chi connectivity index (χ4v) is 12.7. The van der Waals surface area contributed by atoms with Gasteiger partial charge in [0.1, 0.15) is 71.4 Å². The van der Waals surface area contributed by atoms with Crippen molar-refractivity contribution in [1.29, 1.82) is 0 Å². The van der Waals surface area contributed by atoms with Gasteiger partial charge in [0.05, 0.1) is 34.9 Å². The van der Waals surface area contributed by atoms with Crippen LogP contribution in [0, 0.1) is 29.4 Å². The number of hydrogen-bond donors (Lipinski definition) is 4. The molecule has 4 N–H and O–H groups in total. The summed E-state index contributed by atoms with van der Waals surface area (Å²) in [7, 11) is 0. The first-order chi connectivity index (χ1) is 36.5. The van der Waals surface area contributed by atoms with E-state index in [-0.39, 0.29) is 82.3 Å². The molecule has 13 rings (SSSR count). The Morgan fingerprint density at radius 1 is 0.880 bits per heavy atom. The van der Waals surface area contributed by atoms with Crippen LogP contribution in [0.4, 0.5) is 14.6 Å². The van der Waals surface area contributed by atoms with Crippen LogP contribution in [-0.2, 0) is 9.47 Å². The molecule has 1 spiro atoms. The molecule has 6 aliphatic heterocycles. The Morgan fingerprint density at radius 3 is 2.48 bits per heavy atom. The molecule has 6 saturated heterocycles. The number of aliphatic hydroxyl groups is 1. The number of hydrogen-bond acceptors (Lipinski definition) is 16. The minimum absolute atomic E-state index is 0.0222. The highest BCUT2D eigenvalue weighted by Gasteiger charge is 2.49. The number of imidazole rings is 1. The predicted octanol–water partition coefficient (Wildman–Crippen LogP) is 6.49. The number of nitrogens with zero attached hydrogens (tertiary/aromatic N) is 8. The van der Waals surface area contributed by atoms with Crippen LogP contribution < -0.4 is 24.4 Å². The van der Waals surface area contributed by atoms with E-state index in [9.17, 15) is 10.2 Å². The zero-order chi connectivity index (χ0) is 51.0. The average Bonchev–Trinajstić information content (AvgIpc) is 4.25. The number of piperidine rings is 1. The molecule has 0 saturated carbocycles. The van der Waals surface area contributed by atoms with Gasteiger partial charge in [0.2, 0.25) is 0 Å². The molecule has 0 amide bonds. The number of terminal acetylenes is 1. The molecule has 388 valence electrons. The Kier molecular flexibility index (Phi) is 12.6. The van der Waals surface area contributed by atoms with Crippen LogP contribution in [0.25, 0.3) is 55.4 Å². The van der Waals surface area contributed by atoms with Crippen LogP contribution in [0.5, 0.6) is 23.5 Å². The molecule has 17 nitrogen and oxygen atoms in total. The lowest BCUT2D eigenvalue weighted by Crippen LogP contribution is -2.51. The van der Waals surface area contributed by atoms with Crippen molar-refractivity contribution in [2.45, 2.75) is 68.6 Å². The van der Waals surface area contributed by atoms with Gasteiger partial charge in [0.15, 0.2) is 17.6 Å². The number of nitrogens with one attached hydrogen (secondary N) is 2. The monoisotopic (exact) mass is 1040 g/mol. The molecule has 3 aromatic carbocycles. The number of rotatable bonds is 13. The molecule has 7 aromatic rings. The highest BCUT2D eigenvalue weighted by atomic mass is 35.5. The number of aliphatic hydroxyl groups excluding tert-OH is 1. The van der Waals surface area contributed by atoms with Crippen molar-refractivity contribution in [3.8, 4) is 58.4 Å². The number of fused-ring (bicyclic) bond motifs is 6. The van der Waals surface area contributed by atoms with Crippen LogP contribution in [0.1, 0.15) is 37.7 Å². The number of aromatic amines is 1. The van der Waals surface area contributed by atoms with E-state index in [0.717, 1.165) is 76.1 Å². The average molecular weight is 1040 g/mol. The minimum Gasteiger partial charge on any atom is -0.508 e. The van der Waals surface area contributed by atoms with E-state index in [1.54, 1.807) is 12.3 Å². The number of benzene rings is 3. The SMILES string of the molecule is C#Cc1c(F)ccc2cc(O)cc(-c3ncc4c(N5CC6CCC(C5)N6)nc(OCCN5CC[C@@]6(CCCN(CCOc7ccc(-c8nc9[nH]c(O[C@@H]%10CO[C@H]%11[C@@H]%10OC[C@H]%11O)nc9cc8Cl)cc7)C6)C5)nc4c3F)c12. The highest BCUT2D eigenvalue weighted by molar-refractivity contribution is 6.33. The van der Waals surface area contributed by atoms with E-state index in [0.29, 0.717) is 71.3 Å². The number of aromatic nitrogens is 6. The van der Waals surface area contributed by atoms with E-state index < -0.39 is 29.9 Å². The van der Waals surface area contributed by atoms with Crippen molar-refractivity contribution in [3.63, 3.8) is 0 Å². The Labute approximate surface area is 435 Å². The molecule has 7 atom stereocenters. The fourth-order valence-electron chi connectivity index (χ4n) is 12.4. The van der Waals surface area contributed by atoms with Gasteiger partial charge in [-0.3, -0.25) is 19.8 Å². The van der Waals surface area contributed by atoms with Gasteiger partial charge in [-0.25, -0.2) is 13.8 Å². The maximum atomic E-state index is 17.1. The molecule has 6 fully saturated rings. The van der Waals surface area contributed by atoms with Crippen molar-refractivity contribution in [2.75, 3.05) is 83.7 Å². The zero-order valence-corrected chi connectivity index (χ0v) is 41.7. The number of anilines is 1. The molecule has 0 aliphatic carbocycles. The lowest BCUT2D eigenvalue weighted by Gasteiger charge is -2.40. The smallest absolute Gasteiger partial charge is 0.319 e. The van der Waals surface area contributed by atoms with E-state index in [1.807, 2.05) is 24.3 Å². The van der Waals surface area contributed by atoms with Gasteiger partial charge in [-0.2, -0.15) is 15.0 Å². The Morgan fingerprint density at radius 2 is 1.67 bits per heavy atom. The summed E-state index contributed by atoms with van der Waals surface area (Å²) in [4.78, 5) is 33.7. The normalized spacial score (nSPS) is 25.7. The Balaban J connectivity index is 0.640. The summed E-state index contributed by atoms with van der Waals surface area (Å²) in [6.45, 7) is 8.08. The number of pyridine rings is 2.